The Labute approximate surface area is 197 Å². The summed E-state index contributed by atoms with van der Waals surface area (Å²) in [7, 11) is 1.40. The average molecular weight is 469 g/mol. The molecule has 2 aliphatic carbocycles. The molecule has 0 bridgehead atoms. The Kier molecular flexibility index (Phi) is 7.14. The minimum absolute atomic E-state index is 0.0921. The summed E-state index contributed by atoms with van der Waals surface area (Å²) in [5.74, 6) is -2.13. The zero-order chi connectivity index (χ0) is 24.2. The maximum atomic E-state index is 12.7. The van der Waals surface area contributed by atoms with E-state index in [0.717, 1.165) is 35.1 Å². The second kappa shape index (κ2) is 10.2. The van der Waals surface area contributed by atoms with E-state index in [9.17, 15) is 19.5 Å². The van der Waals surface area contributed by atoms with Gasteiger partial charge in [0, 0.05) is 13.0 Å². The molecule has 2 amide bonds. The van der Waals surface area contributed by atoms with Gasteiger partial charge in [-0.25, -0.2) is 15.1 Å². The number of aliphatic carboxylic acids is 1. The molecule has 1 saturated carbocycles. The first-order valence-corrected chi connectivity index (χ1v) is 11.2. The molecule has 2 aromatic rings. The van der Waals surface area contributed by atoms with Gasteiger partial charge in [-0.3, -0.25) is 9.63 Å². The van der Waals surface area contributed by atoms with Gasteiger partial charge in [0.05, 0.1) is 6.10 Å². The third-order valence-corrected chi connectivity index (χ3v) is 6.32. The fraction of sp³-hybridized carbons (Fsp3) is 0.400. The Morgan fingerprint density at radius 2 is 1.62 bits per heavy atom. The van der Waals surface area contributed by atoms with E-state index in [1.165, 1.54) is 7.11 Å². The molecule has 2 aliphatic rings. The number of carboxylic acid groups (broad SMARTS) is 1. The van der Waals surface area contributed by atoms with Crippen molar-refractivity contribution in [2.45, 2.75) is 43.9 Å². The van der Waals surface area contributed by atoms with Gasteiger partial charge in [0.2, 0.25) is 0 Å². The Balaban J connectivity index is 1.38. The van der Waals surface area contributed by atoms with Crippen LogP contribution in [0.5, 0.6) is 0 Å². The molecule has 2 aromatic carbocycles. The quantitative estimate of drug-likeness (QED) is 0.458. The first-order valence-electron chi connectivity index (χ1n) is 11.2. The van der Waals surface area contributed by atoms with E-state index in [4.69, 9.17) is 14.3 Å². The summed E-state index contributed by atoms with van der Waals surface area (Å²) in [6, 6.07) is 14.8. The standard InChI is InChI=1S/C25H28N2O7/c1-14(32-2)21(23(28)27-34-22(24(29)30)15-11-12-15)26-25(31)33-13-20-18-9-5-3-7-16(18)17-8-4-6-10-19(17)20/h3-10,14-15,20-22H,11-13H2,1-2H3,(H,26,31)(H,27,28)(H,29,30)/t14-,21+,22?/m1/s1. The molecule has 9 heteroatoms. The van der Waals surface area contributed by atoms with Gasteiger partial charge >= 0.3 is 12.1 Å². The predicted octanol–water partition coefficient (Wildman–Crippen LogP) is 2.84. The number of hydroxylamine groups is 1. The number of methoxy groups -OCH3 is 1. The van der Waals surface area contributed by atoms with Crippen molar-refractivity contribution in [1.29, 1.82) is 0 Å². The molecule has 0 saturated heterocycles. The third-order valence-electron chi connectivity index (χ3n) is 6.32. The normalized spacial score (nSPS) is 17.1. The summed E-state index contributed by atoms with van der Waals surface area (Å²) in [4.78, 5) is 41.7. The van der Waals surface area contributed by atoms with Crippen molar-refractivity contribution in [2.24, 2.45) is 5.92 Å². The van der Waals surface area contributed by atoms with Gasteiger partial charge in [0.15, 0.2) is 6.10 Å². The number of nitrogens with one attached hydrogen (secondary N) is 2. The van der Waals surface area contributed by atoms with Crippen LogP contribution in [0.1, 0.15) is 36.8 Å². The van der Waals surface area contributed by atoms with Gasteiger partial charge in [0.1, 0.15) is 12.6 Å². The van der Waals surface area contributed by atoms with E-state index in [2.05, 4.69) is 10.8 Å². The maximum absolute atomic E-state index is 12.7. The van der Waals surface area contributed by atoms with Crippen LogP contribution in [0.4, 0.5) is 4.79 Å². The number of carbonyl (C=O) groups is 3. The molecular weight excluding hydrogens is 440 g/mol. The molecule has 34 heavy (non-hydrogen) atoms. The van der Waals surface area contributed by atoms with Crippen LogP contribution in [0.15, 0.2) is 48.5 Å². The molecule has 1 unspecified atom stereocenters. The van der Waals surface area contributed by atoms with Gasteiger partial charge in [-0.2, -0.15) is 0 Å². The highest BCUT2D eigenvalue weighted by Gasteiger charge is 2.39. The Hall–Kier alpha value is -3.43. The summed E-state index contributed by atoms with van der Waals surface area (Å²) in [5, 5.41) is 11.8. The summed E-state index contributed by atoms with van der Waals surface area (Å²) in [5.41, 5.74) is 6.52. The topological polar surface area (TPSA) is 123 Å². The van der Waals surface area contributed by atoms with Gasteiger partial charge in [-0.1, -0.05) is 48.5 Å². The molecule has 180 valence electrons. The molecule has 0 radical (unpaired) electrons. The Morgan fingerprint density at radius 3 is 2.15 bits per heavy atom. The number of benzene rings is 2. The molecule has 0 heterocycles. The molecule has 0 aliphatic heterocycles. The second-order valence-corrected chi connectivity index (χ2v) is 8.57. The van der Waals surface area contributed by atoms with Crippen LogP contribution in [0, 0.1) is 5.92 Å². The summed E-state index contributed by atoms with van der Waals surface area (Å²) in [6.45, 7) is 1.69. The smallest absolute Gasteiger partial charge is 0.407 e. The van der Waals surface area contributed by atoms with E-state index >= 15 is 0 Å². The molecule has 9 nitrogen and oxygen atoms in total. The number of rotatable bonds is 10. The number of amides is 2. The van der Waals surface area contributed by atoms with E-state index in [-0.39, 0.29) is 18.4 Å². The number of hydrogen-bond donors (Lipinski definition) is 3. The molecule has 3 atom stereocenters. The van der Waals surface area contributed by atoms with E-state index in [1.807, 2.05) is 48.5 Å². The highest BCUT2D eigenvalue weighted by atomic mass is 16.7. The highest BCUT2D eigenvalue weighted by Crippen LogP contribution is 2.44. The van der Waals surface area contributed by atoms with Crippen LogP contribution in [-0.2, 0) is 23.9 Å². The summed E-state index contributed by atoms with van der Waals surface area (Å²) >= 11 is 0. The number of carbonyl (C=O) groups excluding carboxylic acids is 2. The highest BCUT2D eigenvalue weighted by molar-refractivity contribution is 5.86. The number of fused-ring (bicyclic) bond motifs is 3. The minimum atomic E-state index is -1.15. The zero-order valence-corrected chi connectivity index (χ0v) is 19.0. The predicted molar refractivity (Wildman–Crippen MR) is 122 cm³/mol. The van der Waals surface area contributed by atoms with Crippen LogP contribution < -0.4 is 10.8 Å². The van der Waals surface area contributed by atoms with Crippen molar-refractivity contribution in [3.05, 3.63) is 59.7 Å². The van der Waals surface area contributed by atoms with E-state index in [0.29, 0.717) is 0 Å². The van der Waals surface area contributed by atoms with Crippen LogP contribution >= 0.6 is 0 Å². The minimum Gasteiger partial charge on any atom is -0.479 e. The SMILES string of the molecule is CO[C@H](C)[C@H](NC(=O)OCC1c2ccccc2-c2ccccc21)C(=O)NOC(C(=O)O)C1CC1. The second-order valence-electron chi connectivity index (χ2n) is 8.57. The molecule has 3 N–H and O–H groups in total. The number of hydrogen-bond acceptors (Lipinski definition) is 6. The number of carboxylic acids is 1. The fourth-order valence-electron chi connectivity index (χ4n) is 4.23. The lowest BCUT2D eigenvalue weighted by atomic mass is 9.98. The summed E-state index contributed by atoms with van der Waals surface area (Å²) < 4.78 is 10.7. The van der Waals surface area contributed by atoms with Gasteiger partial charge < -0.3 is 19.9 Å². The van der Waals surface area contributed by atoms with Gasteiger partial charge in [0.25, 0.3) is 5.91 Å². The van der Waals surface area contributed by atoms with Crippen molar-refractivity contribution in [2.75, 3.05) is 13.7 Å². The van der Waals surface area contributed by atoms with Gasteiger partial charge in [-0.05, 0) is 47.9 Å². The lowest BCUT2D eigenvalue weighted by Crippen LogP contribution is -2.54. The van der Waals surface area contributed by atoms with Crippen molar-refractivity contribution in [1.82, 2.24) is 10.8 Å². The summed E-state index contributed by atoms with van der Waals surface area (Å²) in [6.07, 6.45) is -1.18. The maximum Gasteiger partial charge on any atom is 0.407 e. The Bertz CT molecular complexity index is 1020. The van der Waals surface area contributed by atoms with E-state index in [1.54, 1.807) is 6.92 Å². The molecule has 0 spiro atoms. The Morgan fingerprint density at radius 1 is 1.03 bits per heavy atom. The van der Waals surface area contributed by atoms with Crippen molar-refractivity contribution in [3.63, 3.8) is 0 Å². The first kappa shape index (κ1) is 23.7. The lowest BCUT2D eigenvalue weighted by molar-refractivity contribution is -0.164. The molecular formula is C25H28N2O7. The third kappa shape index (κ3) is 5.05. The lowest BCUT2D eigenvalue weighted by Gasteiger charge is -2.24. The molecule has 1 fully saturated rings. The fourth-order valence-corrected chi connectivity index (χ4v) is 4.23. The van der Waals surface area contributed by atoms with Crippen LogP contribution in [0.25, 0.3) is 11.1 Å². The number of ether oxygens (including phenoxy) is 2. The molecule has 0 aromatic heterocycles. The van der Waals surface area contributed by atoms with Crippen molar-refractivity contribution >= 4 is 18.0 Å². The zero-order valence-electron chi connectivity index (χ0n) is 19.0. The van der Waals surface area contributed by atoms with Crippen molar-refractivity contribution in [3.8, 4) is 11.1 Å². The van der Waals surface area contributed by atoms with Crippen LogP contribution in [0.2, 0.25) is 0 Å². The van der Waals surface area contributed by atoms with Crippen LogP contribution in [0.3, 0.4) is 0 Å². The monoisotopic (exact) mass is 468 g/mol. The average Bonchev–Trinajstić information content (AvgIpc) is 3.62. The largest absolute Gasteiger partial charge is 0.479 e. The van der Waals surface area contributed by atoms with Crippen LogP contribution in [-0.4, -0.2) is 55.0 Å². The van der Waals surface area contributed by atoms with Crippen molar-refractivity contribution < 1.29 is 33.8 Å². The van der Waals surface area contributed by atoms with Gasteiger partial charge in [-0.15, -0.1) is 0 Å². The number of alkyl carbamates (subject to hydrolysis) is 1. The molecule has 4 rings (SSSR count). The van der Waals surface area contributed by atoms with E-state index < -0.39 is 36.2 Å². The first-order chi connectivity index (χ1) is 16.4.